The van der Waals surface area contributed by atoms with Crippen LogP contribution in [0.4, 0.5) is 11.4 Å². The summed E-state index contributed by atoms with van der Waals surface area (Å²) in [5.41, 5.74) is 1.82. The lowest BCUT2D eigenvalue weighted by Gasteiger charge is -2.40. The van der Waals surface area contributed by atoms with Gasteiger partial charge in [0.15, 0.2) is 5.78 Å². The van der Waals surface area contributed by atoms with E-state index >= 15 is 0 Å². The van der Waals surface area contributed by atoms with Gasteiger partial charge < -0.3 is 4.90 Å². The van der Waals surface area contributed by atoms with Gasteiger partial charge in [-0.05, 0) is 32.8 Å². The predicted molar refractivity (Wildman–Crippen MR) is 112 cm³/mol. The first kappa shape index (κ1) is 18.4. The Morgan fingerprint density at radius 1 is 1.19 bits per heavy atom. The average Bonchev–Trinajstić information content (AvgIpc) is 2.83. The van der Waals surface area contributed by atoms with E-state index in [1.807, 2.05) is 31.5 Å². The number of anilines is 1. The van der Waals surface area contributed by atoms with Crippen LogP contribution in [0, 0.1) is 0 Å². The van der Waals surface area contributed by atoms with Gasteiger partial charge in [-0.15, -0.1) is 11.3 Å². The van der Waals surface area contributed by atoms with Crippen LogP contribution in [0.25, 0.3) is 10.2 Å². The van der Waals surface area contributed by atoms with Crippen molar-refractivity contribution in [3.05, 3.63) is 17.1 Å². The van der Waals surface area contributed by atoms with Gasteiger partial charge in [0, 0.05) is 32.4 Å². The van der Waals surface area contributed by atoms with Crippen molar-refractivity contribution in [2.45, 2.75) is 51.6 Å². The number of carbonyl (C=O) groups is 1. The number of Topliss-reactive ketones (excluding diaryl/α,β-unsaturated/α-hetero) is 1. The number of ketones is 1. The maximum absolute atomic E-state index is 13.1. The van der Waals surface area contributed by atoms with E-state index in [1.165, 1.54) is 24.2 Å². The van der Waals surface area contributed by atoms with Crippen molar-refractivity contribution < 1.29 is 4.79 Å². The number of rotatable bonds is 2. The van der Waals surface area contributed by atoms with Crippen LogP contribution in [-0.2, 0) is 0 Å². The van der Waals surface area contributed by atoms with E-state index in [1.54, 1.807) is 6.20 Å². The summed E-state index contributed by atoms with van der Waals surface area (Å²) in [6.45, 7) is 4.85. The van der Waals surface area contributed by atoms with E-state index < -0.39 is 0 Å². The molecule has 2 aliphatic rings. The van der Waals surface area contributed by atoms with Gasteiger partial charge in [-0.2, -0.15) is 0 Å². The first-order valence-electron chi connectivity index (χ1n) is 9.68. The minimum Gasteiger partial charge on any atom is -0.377 e. The average molecular weight is 386 g/mol. The van der Waals surface area contributed by atoms with E-state index in [0.29, 0.717) is 18.6 Å². The Labute approximate surface area is 164 Å². The van der Waals surface area contributed by atoms with E-state index in [0.717, 1.165) is 39.3 Å². The number of aliphatic imine (C=N–C) groups is 1. The summed E-state index contributed by atoms with van der Waals surface area (Å²) in [5, 5.41) is 5.39. The summed E-state index contributed by atoms with van der Waals surface area (Å²) in [5.74, 6) is 0.124. The first-order chi connectivity index (χ1) is 13.0. The Bertz CT molecular complexity index is 878. The van der Waals surface area contributed by atoms with Gasteiger partial charge in [0.1, 0.15) is 16.0 Å². The number of hydrogen-bond donors (Lipinski definition) is 0. The van der Waals surface area contributed by atoms with Crippen molar-refractivity contribution in [2.75, 3.05) is 25.5 Å². The van der Waals surface area contributed by atoms with Gasteiger partial charge in [0.05, 0.1) is 23.3 Å². The molecule has 0 radical (unpaired) electrons. The van der Waals surface area contributed by atoms with Crippen molar-refractivity contribution in [3.8, 4) is 0 Å². The molecule has 0 amide bonds. The summed E-state index contributed by atoms with van der Waals surface area (Å²) >= 11 is 1.46. The fraction of sp³-hybridized carbons (Fsp3) is 0.550. The number of nitrogens with zero attached hydrogens (tertiary/aromatic N) is 5. The second kappa shape index (κ2) is 7.20. The Morgan fingerprint density at radius 2 is 1.89 bits per heavy atom. The molecule has 0 N–H and O–H groups in total. The maximum atomic E-state index is 13.1. The molecule has 144 valence electrons. The minimum atomic E-state index is 0.124. The second-order valence-electron chi connectivity index (χ2n) is 7.81. The van der Waals surface area contributed by atoms with E-state index in [2.05, 4.69) is 28.7 Å². The molecule has 4 rings (SSSR count). The summed E-state index contributed by atoms with van der Waals surface area (Å²) in [6, 6.07) is 2.80. The Morgan fingerprint density at radius 3 is 2.56 bits per heavy atom. The highest BCUT2D eigenvalue weighted by Gasteiger charge is 2.32. The smallest absolute Gasteiger partial charge is 0.195 e. The van der Waals surface area contributed by atoms with Gasteiger partial charge in [0.25, 0.3) is 0 Å². The van der Waals surface area contributed by atoms with Crippen LogP contribution in [0.2, 0.25) is 0 Å². The normalized spacial score (nSPS) is 24.0. The molecular formula is C20H27N5OS. The van der Waals surface area contributed by atoms with Crippen LogP contribution in [0.1, 0.15) is 49.2 Å². The molecule has 2 unspecified atom stereocenters. The molecule has 4 heterocycles. The Hall–Kier alpha value is -1.99. The lowest BCUT2D eigenvalue weighted by molar-refractivity contribution is -0.0185. The molecule has 7 heteroatoms. The molecule has 2 aliphatic heterocycles. The molecule has 0 aliphatic carbocycles. The van der Waals surface area contributed by atoms with Crippen molar-refractivity contribution in [1.82, 2.24) is 15.0 Å². The van der Waals surface area contributed by atoms with Crippen LogP contribution in [0.5, 0.6) is 0 Å². The van der Waals surface area contributed by atoms with E-state index in [4.69, 9.17) is 4.99 Å². The molecule has 1 fully saturated rings. The number of fused-ring (bicyclic) bond motifs is 3. The Kier molecular flexibility index (Phi) is 4.90. The number of hydrogen-bond acceptors (Lipinski definition) is 7. The van der Waals surface area contributed by atoms with Gasteiger partial charge in [-0.3, -0.25) is 9.80 Å². The lowest BCUT2D eigenvalue weighted by Crippen LogP contribution is -2.52. The fourth-order valence-corrected chi connectivity index (χ4v) is 5.33. The zero-order chi connectivity index (χ0) is 19.1. The standard InChI is InChI=1S/C20H27N5OS/c1-13-7-5-6-8-14(2)25(13)24-11-16(26)19-18(22-12-24)17-15(23(3)4)9-10-21-20(17)27-19/h9-10,12-14H,5-8,11H2,1-4H3. The molecule has 0 aromatic carbocycles. The summed E-state index contributed by atoms with van der Waals surface area (Å²) in [4.78, 5) is 26.1. The number of aromatic nitrogens is 1. The third kappa shape index (κ3) is 3.23. The molecule has 27 heavy (non-hydrogen) atoms. The molecule has 2 atom stereocenters. The molecule has 0 saturated carbocycles. The third-order valence-electron chi connectivity index (χ3n) is 5.60. The van der Waals surface area contributed by atoms with Crippen molar-refractivity contribution in [2.24, 2.45) is 4.99 Å². The predicted octanol–water partition coefficient (Wildman–Crippen LogP) is 4.09. The van der Waals surface area contributed by atoms with Gasteiger partial charge in [-0.1, -0.05) is 12.8 Å². The number of hydrazine groups is 1. The zero-order valence-electron chi connectivity index (χ0n) is 16.5. The topological polar surface area (TPSA) is 52.0 Å². The van der Waals surface area contributed by atoms with Crippen LogP contribution >= 0.6 is 11.3 Å². The number of carbonyl (C=O) groups excluding carboxylic acids is 1. The Balaban J connectivity index is 1.78. The quantitative estimate of drug-likeness (QED) is 0.779. The number of pyridine rings is 1. The fourth-order valence-electron chi connectivity index (χ4n) is 4.29. The molecule has 1 saturated heterocycles. The van der Waals surface area contributed by atoms with Crippen LogP contribution in [-0.4, -0.2) is 59.8 Å². The summed E-state index contributed by atoms with van der Waals surface area (Å²) < 4.78 is 0. The van der Waals surface area contributed by atoms with Gasteiger partial charge in [-0.25, -0.2) is 15.0 Å². The highest BCUT2D eigenvalue weighted by atomic mass is 32.1. The largest absolute Gasteiger partial charge is 0.377 e. The van der Waals surface area contributed by atoms with Crippen molar-refractivity contribution in [1.29, 1.82) is 0 Å². The molecule has 0 bridgehead atoms. The molecule has 2 aromatic heterocycles. The van der Waals surface area contributed by atoms with E-state index in [9.17, 15) is 4.79 Å². The SMILES string of the molecule is CC1CCCCC(C)N1N1C=Nc2c(sc3nccc(N(C)C)c23)C(=O)C1. The lowest BCUT2D eigenvalue weighted by atomic mass is 10.1. The molecular weight excluding hydrogens is 358 g/mol. The first-order valence-corrected chi connectivity index (χ1v) is 10.5. The third-order valence-corrected chi connectivity index (χ3v) is 6.73. The second-order valence-corrected chi connectivity index (χ2v) is 8.81. The highest BCUT2D eigenvalue weighted by molar-refractivity contribution is 7.21. The minimum absolute atomic E-state index is 0.124. The van der Waals surface area contributed by atoms with Crippen LogP contribution in [0.15, 0.2) is 17.3 Å². The molecule has 6 nitrogen and oxygen atoms in total. The van der Waals surface area contributed by atoms with Crippen LogP contribution < -0.4 is 4.90 Å². The summed E-state index contributed by atoms with van der Waals surface area (Å²) in [7, 11) is 4.02. The van der Waals surface area contributed by atoms with Crippen molar-refractivity contribution in [3.63, 3.8) is 0 Å². The summed E-state index contributed by atoms with van der Waals surface area (Å²) in [6.07, 6.45) is 8.47. The monoisotopic (exact) mass is 385 g/mol. The molecule has 0 spiro atoms. The van der Waals surface area contributed by atoms with Gasteiger partial charge in [0.2, 0.25) is 0 Å². The van der Waals surface area contributed by atoms with Crippen LogP contribution in [0.3, 0.4) is 0 Å². The number of thiophene rings is 1. The molecule has 2 aromatic rings. The highest BCUT2D eigenvalue weighted by Crippen LogP contribution is 2.43. The zero-order valence-corrected chi connectivity index (χ0v) is 17.3. The van der Waals surface area contributed by atoms with Gasteiger partial charge >= 0.3 is 0 Å². The van der Waals surface area contributed by atoms with Crippen molar-refractivity contribution >= 4 is 45.0 Å². The van der Waals surface area contributed by atoms with E-state index in [-0.39, 0.29) is 5.78 Å². The maximum Gasteiger partial charge on any atom is 0.195 e.